The molecule has 24 heavy (non-hydrogen) atoms. The van der Waals surface area contributed by atoms with Crippen LogP contribution in [0.5, 0.6) is 0 Å². The van der Waals surface area contributed by atoms with Gasteiger partial charge in [-0.15, -0.1) is 0 Å². The van der Waals surface area contributed by atoms with E-state index in [2.05, 4.69) is 26.6 Å². The Balaban J connectivity index is 1.67. The number of aromatic nitrogens is 4. The van der Waals surface area contributed by atoms with E-state index < -0.39 is 0 Å². The van der Waals surface area contributed by atoms with Crippen LogP contribution in [0.2, 0.25) is 0 Å². The molecule has 1 saturated carbocycles. The molecule has 4 rings (SSSR count). The molecule has 5 heteroatoms. The monoisotopic (exact) mass is 317 g/mol. The summed E-state index contributed by atoms with van der Waals surface area (Å²) in [7, 11) is 0. The van der Waals surface area contributed by atoms with Crippen LogP contribution in [0, 0.1) is 0 Å². The van der Waals surface area contributed by atoms with Gasteiger partial charge in [-0.1, -0.05) is 42.5 Å². The highest BCUT2D eigenvalue weighted by molar-refractivity contribution is 5.69. The summed E-state index contributed by atoms with van der Waals surface area (Å²) in [5.74, 6) is 2.90. The maximum atomic E-state index is 4.70. The zero-order valence-corrected chi connectivity index (χ0v) is 13.5. The number of nitrogens with zero attached hydrogens (tertiary/aromatic N) is 3. The van der Waals surface area contributed by atoms with Crippen LogP contribution in [-0.4, -0.2) is 20.2 Å². The lowest BCUT2D eigenvalue weighted by Crippen LogP contribution is -2.00. The van der Waals surface area contributed by atoms with Crippen molar-refractivity contribution in [3.8, 4) is 11.4 Å². The number of benzene rings is 1. The quantitative estimate of drug-likeness (QED) is 0.726. The summed E-state index contributed by atoms with van der Waals surface area (Å²) in [5, 5.41) is 10.8. The van der Waals surface area contributed by atoms with Crippen LogP contribution in [-0.2, 0) is 0 Å². The lowest BCUT2D eigenvalue weighted by atomic mass is 10.2. The zero-order chi connectivity index (χ0) is 16.4. The molecule has 120 valence electrons. The van der Waals surface area contributed by atoms with E-state index in [1.165, 1.54) is 18.5 Å². The van der Waals surface area contributed by atoms with Crippen molar-refractivity contribution in [1.29, 1.82) is 0 Å². The average molecular weight is 317 g/mol. The number of rotatable bonds is 5. The molecule has 1 aliphatic rings. The normalized spacial score (nSPS) is 14.2. The summed E-state index contributed by atoms with van der Waals surface area (Å²) >= 11 is 0. The Labute approximate surface area is 140 Å². The minimum Gasteiger partial charge on any atom is -0.323 e. The van der Waals surface area contributed by atoms with Crippen molar-refractivity contribution >= 4 is 17.7 Å². The first-order chi connectivity index (χ1) is 11.8. The molecule has 0 amide bonds. The maximum Gasteiger partial charge on any atom is 0.161 e. The molecular weight excluding hydrogens is 298 g/mol. The summed E-state index contributed by atoms with van der Waals surface area (Å²) in [6.07, 6.45) is 8.30. The molecule has 1 aliphatic carbocycles. The number of anilines is 2. The second-order valence-electron chi connectivity index (χ2n) is 5.97. The highest BCUT2D eigenvalue weighted by Crippen LogP contribution is 2.39. The number of H-pyrrole nitrogens is 1. The van der Waals surface area contributed by atoms with Gasteiger partial charge >= 0.3 is 0 Å². The van der Waals surface area contributed by atoms with E-state index in [1.807, 2.05) is 55.6 Å². The Hall–Kier alpha value is -2.95. The van der Waals surface area contributed by atoms with Gasteiger partial charge in [-0.05, 0) is 19.8 Å². The average Bonchev–Trinajstić information content (AvgIpc) is 3.37. The predicted molar refractivity (Wildman–Crippen MR) is 96.0 cm³/mol. The predicted octanol–water partition coefficient (Wildman–Crippen LogP) is 4.52. The third-order valence-corrected chi connectivity index (χ3v) is 4.06. The first kappa shape index (κ1) is 14.6. The fourth-order valence-corrected chi connectivity index (χ4v) is 2.64. The van der Waals surface area contributed by atoms with Crippen LogP contribution in [0.25, 0.3) is 17.5 Å². The number of allylic oxidation sites excluding steroid dienone is 1. The molecular formula is C19H19N5. The fourth-order valence-electron chi connectivity index (χ4n) is 2.64. The first-order valence-electron chi connectivity index (χ1n) is 8.21. The summed E-state index contributed by atoms with van der Waals surface area (Å²) in [4.78, 5) is 9.18. The van der Waals surface area contributed by atoms with Gasteiger partial charge in [0.25, 0.3) is 0 Å². The van der Waals surface area contributed by atoms with Crippen LogP contribution >= 0.6 is 0 Å². The van der Waals surface area contributed by atoms with Gasteiger partial charge in [-0.25, -0.2) is 9.97 Å². The topological polar surface area (TPSA) is 66.5 Å². The molecule has 0 saturated heterocycles. The summed E-state index contributed by atoms with van der Waals surface area (Å²) in [5.41, 5.74) is 3.13. The van der Waals surface area contributed by atoms with Crippen molar-refractivity contribution in [3.05, 3.63) is 59.9 Å². The van der Waals surface area contributed by atoms with Gasteiger partial charge in [0.2, 0.25) is 0 Å². The van der Waals surface area contributed by atoms with Crippen LogP contribution in [0.3, 0.4) is 0 Å². The molecule has 2 N–H and O–H groups in total. The fraction of sp³-hybridized carbons (Fsp3) is 0.211. The molecule has 0 unspecified atom stereocenters. The van der Waals surface area contributed by atoms with Gasteiger partial charge < -0.3 is 5.32 Å². The van der Waals surface area contributed by atoms with Gasteiger partial charge in [0, 0.05) is 35.0 Å². The van der Waals surface area contributed by atoms with Crippen molar-refractivity contribution in [3.63, 3.8) is 0 Å². The molecule has 0 aliphatic heterocycles. The second kappa shape index (κ2) is 6.28. The first-order valence-corrected chi connectivity index (χ1v) is 8.21. The lowest BCUT2D eigenvalue weighted by molar-refractivity contribution is 0.966. The molecule has 2 heterocycles. The zero-order valence-electron chi connectivity index (χ0n) is 13.5. The van der Waals surface area contributed by atoms with E-state index in [0.717, 1.165) is 22.8 Å². The van der Waals surface area contributed by atoms with E-state index in [1.54, 1.807) is 0 Å². The highest BCUT2D eigenvalue weighted by atomic mass is 15.2. The van der Waals surface area contributed by atoms with Crippen molar-refractivity contribution in [1.82, 2.24) is 20.2 Å². The van der Waals surface area contributed by atoms with E-state index in [-0.39, 0.29) is 0 Å². The molecule has 0 spiro atoms. The maximum absolute atomic E-state index is 4.70. The summed E-state index contributed by atoms with van der Waals surface area (Å²) in [6.45, 7) is 1.98. The largest absolute Gasteiger partial charge is 0.323 e. The van der Waals surface area contributed by atoms with Crippen molar-refractivity contribution < 1.29 is 0 Å². The van der Waals surface area contributed by atoms with Gasteiger partial charge in [-0.2, -0.15) is 5.10 Å². The Morgan fingerprint density at radius 2 is 2.04 bits per heavy atom. The number of aromatic amines is 1. The third-order valence-electron chi connectivity index (χ3n) is 4.06. The van der Waals surface area contributed by atoms with E-state index in [9.17, 15) is 0 Å². The molecule has 0 radical (unpaired) electrons. The SMILES string of the molecule is C/C=C\c1cnc(-c2ccccc2)nc1Nc1cc(C2CC2)[nH]n1. The Morgan fingerprint density at radius 3 is 2.79 bits per heavy atom. The number of hydrogen-bond donors (Lipinski definition) is 2. The van der Waals surface area contributed by atoms with Crippen LogP contribution in [0.15, 0.2) is 48.7 Å². The van der Waals surface area contributed by atoms with Gasteiger partial charge in [0.1, 0.15) is 5.82 Å². The van der Waals surface area contributed by atoms with Crippen LogP contribution < -0.4 is 5.32 Å². The van der Waals surface area contributed by atoms with Crippen LogP contribution in [0.4, 0.5) is 11.6 Å². The smallest absolute Gasteiger partial charge is 0.161 e. The molecule has 1 aromatic carbocycles. The Kier molecular flexibility index (Phi) is 3.83. The molecule has 0 atom stereocenters. The molecule has 5 nitrogen and oxygen atoms in total. The lowest BCUT2D eigenvalue weighted by Gasteiger charge is -2.08. The summed E-state index contributed by atoms with van der Waals surface area (Å²) in [6, 6.07) is 12.0. The van der Waals surface area contributed by atoms with Gasteiger partial charge in [0.05, 0.1) is 0 Å². The van der Waals surface area contributed by atoms with E-state index in [0.29, 0.717) is 11.7 Å². The van der Waals surface area contributed by atoms with Crippen molar-refractivity contribution in [2.45, 2.75) is 25.7 Å². The Morgan fingerprint density at radius 1 is 1.21 bits per heavy atom. The van der Waals surface area contributed by atoms with Crippen molar-refractivity contribution in [2.75, 3.05) is 5.32 Å². The van der Waals surface area contributed by atoms with Gasteiger partial charge in [-0.3, -0.25) is 5.10 Å². The minimum absolute atomic E-state index is 0.647. The Bertz CT molecular complexity index is 862. The molecule has 3 aromatic rings. The number of hydrogen-bond acceptors (Lipinski definition) is 4. The van der Waals surface area contributed by atoms with Crippen LogP contribution in [0.1, 0.15) is 36.9 Å². The highest BCUT2D eigenvalue weighted by Gasteiger charge is 2.25. The molecule has 1 fully saturated rings. The standard InChI is InChI=1S/C19H19N5/c1-2-6-15-12-20-18(14-7-4-3-5-8-14)22-19(15)21-17-11-16(23-24-17)13-9-10-13/h2-8,11-13H,9-10H2,1H3,(H2,20,21,22,23,24)/b6-2-. The summed E-state index contributed by atoms with van der Waals surface area (Å²) < 4.78 is 0. The van der Waals surface area contributed by atoms with Crippen molar-refractivity contribution in [2.24, 2.45) is 0 Å². The molecule has 2 aromatic heterocycles. The second-order valence-corrected chi connectivity index (χ2v) is 5.97. The van der Waals surface area contributed by atoms with Gasteiger partial charge in [0.15, 0.2) is 11.6 Å². The molecule has 0 bridgehead atoms. The minimum atomic E-state index is 0.647. The number of nitrogens with one attached hydrogen (secondary N) is 2. The van der Waals surface area contributed by atoms with E-state index in [4.69, 9.17) is 4.98 Å². The van der Waals surface area contributed by atoms with E-state index >= 15 is 0 Å². The third kappa shape index (κ3) is 3.06.